The maximum absolute atomic E-state index is 12.9. The smallest absolute Gasteiger partial charge is 0.338 e. The molecule has 6 heteroatoms. The van der Waals surface area contributed by atoms with E-state index in [0.717, 1.165) is 21.3 Å². The molecule has 1 heterocycles. The first-order valence-corrected chi connectivity index (χ1v) is 10.9. The summed E-state index contributed by atoms with van der Waals surface area (Å²) in [6.45, 7) is 2.33. The van der Waals surface area contributed by atoms with Crippen LogP contribution in [0.3, 0.4) is 0 Å². The number of terminal acetylenes is 1. The van der Waals surface area contributed by atoms with E-state index in [9.17, 15) is 9.59 Å². The van der Waals surface area contributed by atoms with Crippen LogP contribution in [0, 0.1) is 12.3 Å². The fourth-order valence-corrected chi connectivity index (χ4v) is 4.40. The lowest BCUT2D eigenvalue weighted by Crippen LogP contribution is -2.16. The van der Waals surface area contributed by atoms with Crippen molar-refractivity contribution in [3.05, 3.63) is 88.7 Å². The van der Waals surface area contributed by atoms with Crippen molar-refractivity contribution in [2.24, 2.45) is 4.99 Å². The molecule has 0 aliphatic rings. The number of fused-ring (bicyclic) bond motifs is 1. The molecule has 0 fully saturated rings. The Balaban J connectivity index is 1.70. The number of benzene rings is 3. The monoisotopic (exact) mass is 440 g/mol. The fraction of sp³-hybridized carbons (Fsp3) is 0.115. The van der Waals surface area contributed by atoms with Crippen LogP contribution in [-0.4, -0.2) is 23.1 Å². The molecule has 4 rings (SSSR count). The Morgan fingerprint density at radius 3 is 2.38 bits per heavy atom. The topological polar surface area (TPSA) is 60.7 Å². The molecule has 0 aliphatic carbocycles. The van der Waals surface area contributed by atoms with Crippen LogP contribution in [0.15, 0.2) is 77.8 Å². The number of carbonyl (C=O) groups is 2. The molecule has 3 aromatic carbocycles. The first-order valence-electron chi connectivity index (χ1n) is 10.1. The fourth-order valence-electron chi connectivity index (χ4n) is 3.33. The molecule has 0 aliphatic heterocycles. The molecule has 5 nitrogen and oxygen atoms in total. The van der Waals surface area contributed by atoms with Gasteiger partial charge in [0.25, 0.3) is 5.91 Å². The van der Waals surface area contributed by atoms with Gasteiger partial charge in [0.1, 0.15) is 0 Å². The van der Waals surface area contributed by atoms with Crippen molar-refractivity contribution in [2.75, 3.05) is 6.61 Å². The molecule has 0 unspecified atom stereocenters. The Hall–Kier alpha value is -3.95. The highest BCUT2D eigenvalue weighted by Crippen LogP contribution is 2.21. The molecule has 4 aromatic rings. The highest BCUT2D eigenvalue weighted by molar-refractivity contribution is 7.16. The Kier molecular flexibility index (Phi) is 6.29. The van der Waals surface area contributed by atoms with Crippen LogP contribution in [0.1, 0.15) is 27.6 Å². The van der Waals surface area contributed by atoms with Gasteiger partial charge in [-0.05, 0) is 48.4 Å². The van der Waals surface area contributed by atoms with Gasteiger partial charge in [-0.15, -0.1) is 6.42 Å². The summed E-state index contributed by atoms with van der Waals surface area (Å²) in [5, 5.41) is 0. The number of aromatic nitrogens is 1. The van der Waals surface area contributed by atoms with Gasteiger partial charge in [0, 0.05) is 5.56 Å². The second kappa shape index (κ2) is 9.46. The van der Waals surface area contributed by atoms with Crippen LogP contribution >= 0.6 is 11.3 Å². The number of hydrogen-bond acceptors (Lipinski definition) is 4. The van der Waals surface area contributed by atoms with E-state index < -0.39 is 0 Å². The maximum atomic E-state index is 12.9. The summed E-state index contributed by atoms with van der Waals surface area (Å²) in [7, 11) is 0. The van der Waals surface area contributed by atoms with Crippen LogP contribution in [-0.2, 0) is 11.3 Å². The number of nitrogens with zero attached hydrogens (tertiary/aromatic N) is 2. The Morgan fingerprint density at radius 2 is 1.69 bits per heavy atom. The van der Waals surface area contributed by atoms with E-state index in [-0.39, 0.29) is 18.4 Å². The predicted molar refractivity (Wildman–Crippen MR) is 126 cm³/mol. The molecule has 0 N–H and O–H groups in total. The van der Waals surface area contributed by atoms with E-state index >= 15 is 0 Å². The molecular formula is C26H20N2O3S. The summed E-state index contributed by atoms with van der Waals surface area (Å²) in [5.74, 6) is 1.86. The number of hydrogen-bond donors (Lipinski definition) is 0. The zero-order valence-corrected chi connectivity index (χ0v) is 18.3. The number of thiazole rings is 1. The van der Waals surface area contributed by atoms with E-state index in [0.29, 0.717) is 22.5 Å². The predicted octanol–water partition coefficient (Wildman–Crippen LogP) is 4.92. The highest BCUT2D eigenvalue weighted by atomic mass is 32.1. The number of carbonyl (C=O) groups excluding carboxylic acids is 2. The standard InChI is InChI=1S/C26H20N2O3S/c1-3-16-28-22-15-14-21(25(30)31-4-2)17-23(22)32-26(28)27-24(29)20-12-10-19(11-13-20)18-8-6-5-7-9-18/h1,5-15,17H,4,16H2,2H3. The van der Waals surface area contributed by atoms with Crippen molar-refractivity contribution in [1.82, 2.24) is 4.57 Å². The lowest BCUT2D eigenvalue weighted by Gasteiger charge is -2.03. The van der Waals surface area contributed by atoms with Gasteiger partial charge >= 0.3 is 5.97 Å². The third kappa shape index (κ3) is 4.39. The number of rotatable bonds is 5. The lowest BCUT2D eigenvalue weighted by molar-refractivity contribution is 0.0526. The molecule has 158 valence electrons. The molecule has 0 saturated carbocycles. The summed E-state index contributed by atoms with van der Waals surface area (Å²) in [6.07, 6.45) is 5.54. The van der Waals surface area contributed by atoms with Crippen LogP contribution in [0.25, 0.3) is 21.3 Å². The summed E-state index contributed by atoms with van der Waals surface area (Å²) in [4.78, 5) is 29.7. The lowest BCUT2D eigenvalue weighted by atomic mass is 10.0. The molecule has 1 aromatic heterocycles. The van der Waals surface area contributed by atoms with E-state index in [1.165, 1.54) is 11.3 Å². The number of ether oxygens (including phenoxy) is 1. The van der Waals surface area contributed by atoms with Gasteiger partial charge in [0.2, 0.25) is 0 Å². The van der Waals surface area contributed by atoms with Gasteiger partial charge in [0.05, 0.1) is 28.9 Å². The second-order valence-corrected chi connectivity index (χ2v) is 7.95. The average molecular weight is 441 g/mol. The third-order valence-corrected chi connectivity index (χ3v) is 5.92. The highest BCUT2D eigenvalue weighted by Gasteiger charge is 2.13. The van der Waals surface area contributed by atoms with Gasteiger partial charge < -0.3 is 9.30 Å². The molecule has 32 heavy (non-hydrogen) atoms. The Bertz CT molecular complexity index is 1390. The minimum absolute atomic E-state index is 0.262. The van der Waals surface area contributed by atoms with Gasteiger partial charge in [-0.1, -0.05) is 59.7 Å². The van der Waals surface area contributed by atoms with Crippen LogP contribution < -0.4 is 4.80 Å². The van der Waals surface area contributed by atoms with Gasteiger partial charge in [-0.2, -0.15) is 4.99 Å². The summed E-state index contributed by atoms with van der Waals surface area (Å²) in [6, 6.07) is 22.5. The largest absolute Gasteiger partial charge is 0.462 e. The summed E-state index contributed by atoms with van der Waals surface area (Å²) < 4.78 is 7.67. The van der Waals surface area contributed by atoms with Crippen LogP contribution in [0.5, 0.6) is 0 Å². The quantitative estimate of drug-likeness (QED) is 0.327. The van der Waals surface area contributed by atoms with Crippen LogP contribution in [0.2, 0.25) is 0 Å². The first kappa shape index (κ1) is 21.3. The molecule has 1 amide bonds. The minimum atomic E-state index is -0.389. The van der Waals surface area contributed by atoms with Crippen molar-refractivity contribution in [2.45, 2.75) is 13.5 Å². The van der Waals surface area contributed by atoms with Crippen LogP contribution in [0.4, 0.5) is 0 Å². The van der Waals surface area contributed by atoms with Gasteiger partial charge in [0.15, 0.2) is 4.80 Å². The normalized spacial score (nSPS) is 11.3. The van der Waals surface area contributed by atoms with Crippen molar-refractivity contribution in [3.63, 3.8) is 0 Å². The van der Waals surface area contributed by atoms with Crippen molar-refractivity contribution >= 4 is 33.4 Å². The molecule has 0 radical (unpaired) electrons. The zero-order chi connectivity index (χ0) is 22.5. The van der Waals surface area contributed by atoms with Gasteiger partial charge in [-0.25, -0.2) is 4.79 Å². The summed E-state index contributed by atoms with van der Waals surface area (Å²) >= 11 is 1.31. The zero-order valence-electron chi connectivity index (χ0n) is 17.4. The Morgan fingerprint density at radius 1 is 1.00 bits per heavy atom. The first-order chi connectivity index (χ1) is 15.6. The minimum Gasteiger partial charge on any atom is -0.462 e. The van der Waals surface area contributed by atoms with E-state index in [4.69, 9.17) is 11.2 Å². The van der Waals surface area contributed by atoms with Crippen molar-refractivity contribution < 1.29 is 14.3 Å². The van der Waals surface area contributed by atoms with Crippen molar-refractivity contribution in [1.29, 1.82) is 0 Å². The van der Waals surface area contributed by atoms with E-state index in [1.807, 2.05) is 42.5 Å². The molecule has 0 atom stereocenters. The Labute approximate surface area is 189 Å². The van der Waals surface area contributed by atoms with Crippen molar-refractivity contribution in [3.8, 4) is 23.5 Å². The number of esters is 1. The SMILES string of the molecule is C#CCn1c(=NC(=O)c2ccc(-c3ccccc3)cc2)sc2cc(C(=O)OCC)ccc21. The maximum Gasteiger partial charge on any atom is 0.338 e. The molecule has 0 spiro atoms. The summed E-state index contributed by atoms with van der Waals surface area (Å²) in [5.41, 5.74) is 3.85. The molecular weight excluding hydrogens is 420 g/mol. The van der Waals surface area contributed by atoms with Gasteiger partial charge in [-0.3, -0.25) is 4.79 Å². The molecule has 0 bridgehead atoms. The van der Waals surface area contributed by atoms with E-state index in [1.54, 1.807) is 41.8 Å². The third-order valence-electron chi connectivity index (χ3n) is 4.88. The van der Waals surface area contributed by atoms with E-state index in [2.05, 4.69) is 10.9 Å². The average Bonchev–Trinajstić information content (AvgIpc) is 3.16. The molecule has 0 saturated heterocycles. The second-order valence-electron chi connectivity index (χ2n) is 6.94. The number of amides is 1.